The van der Waals surface area contributed by atoms with E-state index in [1.807, 2.05) is 0 Å². The van der Waals surface area contributed by atoms with Crippen LogP contribution >= 0.6 is 0 Å². The van der Waals surface area contributed by atoms with Crippen molar-refractivity contribution in [3.05, 3.63) is 0 Å². The topological polar surface area (TPSA) is 30.9 Å². The van der Waals surface area contributed by atoms with Crippen LogP contribution in [0.25, 0.3) is 0 Å². The van der Waals surface area contributed by atoms with E-state index in [1.54, 1.807) is 21.3 Å². The smallest absolute Gasteiger partial charge is 0.379 e. The Bertz CT molecular complexity index is 184. The maximum absolute atomic E-state index is 4.74. The highest BCUT2D eigenvalue weighted by Crippen LogP contribution is 2.36. The number of nitrogens with zero attached hydrogens (tertiary/aromatic N) is 1. The lowest BCUT2D eigenvalue weighted by Gasteiger charge is -2.42. The Morgan fingerprint density at radius 2 is 1.18 bits per heavy atom. The van der Waals surface area contributed by atoms with E-state index in [-0.39, 0.29) is 0 Å². The summed E-state index contributed by atoms with van der Waals surface area (Å²) in [5, 5.41) is 0.483. The second-order valence-corrected chi connectivity index (χ2v) is 13.2. The summed E-state index contributed by atoms with van der Waals surface area (Å²) in [6.07, 6.45) is 0. The Morgan fingerprint density at radius 1 is 0.882 bits per heavy atom. The average Bonchev–Trinajstić information content (AvgIpc) is 2.19. The van der Waals surface area contributed by atoms with E-state index in [0.29, 0.717) is 5.04 Å². The Labute approximate surface area is 110 Å². The van der Waals surface area contributed by atoms with Crippen LogP contribution in [0, 0.1) is 0 Å². The molecule has 0 aromatic carbocycles. The first kappa shape index (κ1) is 19.6. The predicted molar refractivity (Wildman–Crippen MR) is 79.1 cm³/mol. The maximum Gasteiger partial charge on any atom is 0.483 e. The van der Waals surface area contributed by atoms with Crippen LogP contribution in [0.2, 0.25) is 18.1 Å². The quantitative estimate of drug-likeness (QED) is 0.739. The summed E-state index contributed by atoms with van der Waals surface area (Å²) < 4.78 is 16.6. The summed E-state index contributed by atoms with van der Waals surface area (Å²) >= 11 is 0. The van der Waals surface area contributed by atoms with E-state index >= 15 is 0 Å². The van der Waals surface area contributed by atoms with Crippen molar-refractivity contribution in [2.24, 2.45) is 0 Å². The molecule has 0 unspecified atom stereocenters. The zero-order valence-electron chi connectivity index (χ0n) is 13.2. The van der Waals surface area contributed by atoms with Crippen LogP contribution < -0.4 is 0 Å². The van der Waals surface area contributed by atoms with Crippen molar-refractivity contribution in [3.63, 3.8) is 0 Å². The highest BCUT2D eigenvalue weighted by molar-refractivity contribution is 6.77. The van der Waals surface area contributed by atoms with E-state index in [9.17, 15) is 0 Å². The van der Waals surface area contributed by atoms with Crippen molar-refractivity contribution < 1.29 is 13.3 Å². The Kier molecular flexibility index (Phi) is 9.68. The fourth-order valence-electron chi connectivity index (χ4n) is 0.959. The second kappa shape index (κ2) is 8.39. The fraction of sp³-hybridized carbons (Fsp3) is 1.00. The van der Waals surface area contributed by atoms with Gasteiger partial charge in [-0.25, -0.2) is 0 Å². The Morgan fingerprint density at radius 3 is 1.18 bits per heavy atom. The first-order valence-corrected chi connectivity index (χ1v) is 10.2. The number of rotatable bonds is 4. The van der Waals surface area contributed by atoms with Gasteiger partial charge in [0, 0.05) is 21.3 Å². The SMILES string of the molecule is CN(C)[Si](C)(C)C(C)(C)C.CO[SiH](OC)OC. The molecule has 0 aromatic heterocycles. The van der Waals surface area contributed by atoms with Gasteiger partial charge in [-0.2, -0.15) is 0 Å². The molecule has 0 rings (SSSR count). The van der Waals surface area contributed by atoms with E-state index < -0.39 is 17.8 Å². The summed E-state index contributed by atoms with van der Waals surface area (Å²) in [5.74, 6) is 0. The van der Waals surface area contributed by atoms with Gasteiger partial charge in [0.1, 0.15) is 8.24 Å². The van der Waals surface area contributed by atoms with E-state index in [4.69, 9.17) is 13.3 Å². The predicted octanol–water partition coefficient (Wildman–Crippen LogP) is 2.20. The third-order valence-corrected chi connectivity index (χ3v) is 10.6. The molecule has 4 nitrogen and oxygen atoms in total. The molecule has 17 heavy (non-hydrogen) atoms. The second-order valence-electron chi connectivity index (χ2n) is 5.70. The zero-order chi connectivity index (χ0) is 14.3. The van der Waals surface area contributed by atoms with Crippen molar-refractivity contribution in [2.75, 3.05) is 35.4 Å². The van der Waals surface area contributed by atoms with E-state index in [1.165, 1.54) is 0 Å². The third-order valence-electron chi connectivity index (χ3n) is 3.53. The summed E-state index contributed by atoms with van der Waals surface area (Å²) in [5.41, 5.74) is 0. The van der Waals surface area contributed by atoms with E-state index in [0.717, 1.165) is 0 Å². The van der Waals surface area contributed by atoms with Crippen LogP contribution in [0.1, 0.15) is 20.8 Å². The number of hydrogen-bond acceptors (Lipinski definition) is 4. The molecule has 0 amide bonds. The first-order chi connectivity index (χ1) is 7.54. The Hall–Kier alpha value is 0.274. The molecule has 0 spiro atoms. The van der Waals surface area contributed by atoms with Gasteiger partial charge < -0.3 is 17.8 Å². The maximum atomic E-state index is 4.74. The molecule has 0 aliphatic carbocycles. The van der Waals surface area contributed by atoms with Crippen LogP contribution in [0.4, 0.5) is 0 Å². The molecule has 6 heteroatoms. The Balaban J connectivity index is 0. The van der Waals surface area contributed by atoms with Gasteiger partial charge in [0.2, 0.25) is 0 Å². The zero-order valence-corrected chi connectivity index (χ0v) is 15.4. The van der Waals surface area contributed by atoms with Gasteiger partial charge in [-0.3, -0.25) is 0 Å². The average molecular weight is 282 g/mol. The lowest BCUT2D eigenvalue weighted by molar-refractivity contribution is 0.163. The van der Waals surface area contributed by atoms with Gasteiger partial charge in [0.25, 0.3) is 0 Å². The lowest BCUT2D eigenvalue weighted by Crippen LogP contribution is -2.50. The summed E-state index contributed by atoms with van der Waals surface area (Å²) in [7, 11) is 6.28. The molecular formula is C11H31NO3Si2. The molecule has 0 saturated heterocycles. The molecule has 0 radical (unpaired) electrons. The minimum Gasteiger partial charge on any atom is -0.379 e. The monoisotopic (exact) mass is 281 g/mol. The van der Waals surface area contributed by atoms with Crippen LogP contribution in [0.15, 0.2) is 0 Å². The third kappa shape index (κ3) is 7.33. The molecule has 0 aliphatic rings. The van der Waals surface area contributed by atoms with Gasteiger partial charge in [0.15, 0.2) is 0 Å². The van der Waals surface area contributed by atoms with Gasteiger partial charge in [0.05, 0.1) is 0 Å². The van der Waals surface area contributed by atoms with Crippen LogP contribution in [-0.4, -0.2) is 57.8 Å². The summed E-state index contributed by atoms with van der Waals surface area (Å²) in [4.78, 5) is 0. The molecule has 0 atom stereocenters. The standard InChI is InChI=1S/C8H21NSi.C3H10O3Si/c1-8(2,3)10(6,7)9(4)5;1-4-7(5-2)6-3/h1-7H3;7H,1-3H3. The van der Waals surface area contributed by atoms with Crippen LogP contribution in [0.3, 0.4) is 0 Å². The van der Waals surface area contributed by atoms with Crippen LogP contribution in [-0.2, 0) is 13.3 Å². The molecule has 106 valence electrons. The highest BCUT2D eigenvalue weighted by atomic mass is 28.3. The molecule has 0 N–H and O–H groups in total. The minimum atomic E-state index is -1.67. The molecule has 0 aliphatic heterocycles. The van der Waals surface area contributed by atoms with Crippen molar-refractivity contribution >= 4 is 17.8 Å². The van der Waals surface area contributed by atoms with Gasteiger partial charge in [-0.1, -0.05) is 33.9 Å². The molecule has 0 fully saturated rings. The fourth-order valence-corrected chi connectivity index (χ4v) is 2.88. The number of hydrogen-bond donors (Lipinski definition) is 0. The lowest BCUT2D eigenvalue weighted by atomic mass is 10.2. The first-order valence-electron chi connectivity index (χ1n) is 5.80. The van der Waals surface area contributed by atoms with Gasteiger partial charge >= 0.3 is 9.53 Å². The molecular weight excluding hydrogens is 250 g/mol. The van der Waals surface area contributed by atoms with Gasteiger partial charge in [-0.15, -0.1) is 0 Å². The van der Waals surface area contributed by atoms with Crippen molar-refractivity contribution in [3.8, 4) is 0 Å². The van der Waals surface area contributed by atoms with Crippen molar-refractivity contribution in [1.29, 1.82) is 0 Å². The van der Waals surface area contributed by atoms with E-state index in [2.05, 4.69) is 52.5 Å². The molecule has 0 aromatic rings. The van der Waals surface area contributed by atoms with Crippen LogP contribution in [0.5, 0.6) is 0 Å². The minimum absolute atomic E-state index is 0.483. The molecule has 0 heterocycles. The highest BCUT2D eigenvalue weighted by Gasteiger charge is 2.37. The summed E-state index contributed by atoms with van der Waals surface area (Å²) in [6, 6.07) is 0. The normalized spacial score (nSPS) is 12.7. The van der Waals surface area contributed by atoms with Gasteiger partial charge in [-0.05, 0) is 19.1 Å². The summed E-state index contributed by atoms with van der Waals surface area (Å²) in [6.45, 7) is 11.8. The molecule has 0 saturated carbocycles. The van der Waals surface area contributed by atoms with Crippen molar-refractivity contribution in [2.45, 2.75) is 38.9 Å². The molecule has 0 bridgehead atoms. The largest absolute Gasteiger partial charge is 0.483 e. The van der Waals surface area contributed by atoms with Crippen molar-refractivity contribution in [1.82, 2.24) is 4.57 Å².